The number of rotatable bonds is 4. The zero-order chi connectivity index (χ0) is 27.2. The van der Waals surface area contributed by atoms with Gasteiger partial charge in [-0.1, -0.05) is 24.3 Å². The number of aromatic amines is 2. The molecule has 0 aliphatic carbocycles. The summed E-state index contributed by atoms with van der Waals surface area (Å²) in [6, 6.07) is 20.0. The molecule has 8 heteroatoms. The summed E-state index contributed by atoms with van der Waals surface area (Å²) in [5.41, 5.74) is 19.3. The van der Waals surface area contributed by atoms with Crippen molar-refractivity contribution in [2.45, 2.75) is 52.6 Å². The van der Waals surface area contributed by atoms with Gasteiger partial charge in [-0.25, -0.2) is 9.97 Å². The molecule has 0 atom stereocenters. The molecule has 0 unspecified atom stereocenters. The van der Waals surface area contributed by atoms with Crippen LogP contribution in [0, 0.1) is 0 Å². The number of nitrogens with zero attached hydrogens (tertiary/aromatic N) is 4. The molecule has 0 aliphatic rings. The zero-order valence-corrected chi connectivity index (χ0v) is 22.7. The Bertz CT molecular complexity index is 1560. The second-order valence-corrected chi connectivity index (χ2v) is 11.5. The highest BCUT2D eigenvalue weighted by molar-refractivity contribution is 6.01. The van der Waals surface area contributed by atoms with Crippen LogP contribution < -0.4 is 11.5 Å². The smallest absolute Gasteiger partial charge is 0.138 e. The number of imidazole rings is 2. The van der Waals surface area contributed by atoms with Crippen molar-refractivity contribution >= 4 is 33.7 Å². The molecule has 0 aliphatic heterocycles. The SMILES string of the molecule is CC(C)(C)N=C(N)c1ccc2nc(-c3ccc(-c4nc5ccc(C(N)=NC(C)(C)C)cc5[nH]4)cc3)[nH]c2c1. The molecule has 194 valence electrons. The summed E-state index contributed by atoms with van der Waals surface area (Å²) in [6.07, 6.45) is 0. The van der Waals surface area contributed by atoms with Gasteiger partial charge < -0.3 is 21.4 Å². The van der Waals surface area contributed by atoms with Crippen molar-refractivity contribution in [3.63, 3.8) is 0 Å². The van der Waals surface area contributed by atoms with Gasteiger partial charge in [0.2, 0.25) is 0 Å². The number of amidine groups is 2. The normalized spacial score (nSPS) is 13.5. The third kappa shape index (κ3) is 5.44. The molecule has 0 bridgehead atoms. The van der Waals surface area contributed by atoms with E-state index in [1.165, 1.54) is 0 Å². The van der Waals surface area contributed by atoms with E-state index in [4.69, 9.17) is 21.4 Å². The second-order valence-electron chi connectivity index (χ2n) is 11.5. The lowest BCUT2D eigenvalue weighted by Crippen LogP contribution is -2.21. The first-order chi connectivity index (χ1) is 17.8. The van der Waals surface area contributed by atoms with Crippen LogP contribution in [-0.4, -0.2) is 42.7 Å². The van der Waals surface area contributed by atoms with Gasteiger partial charge in [-0.2, -0.15) is 0 Å². The summed E-state index contributed by atoms with van der Waals surface area (Å²) in [5.74, 6) is 2.61. The Kier molecular flexibility index (Phi) is 6.06. The van der Waals surface area contributed by atoms with Crippen LogP contribution in [0.15, 0.2) is 70.6 Å². The molecule has 0 fully saturated rings. The molecule has 2 heterocycles. The average Bonchev–Trinajstić information content (AvgIpc) is 3.45. The Hall–Kier alpha value is -4.46. The lowest BCUT2D eigenvalue weighted by Gasteiger charge is -2.13. The van der Waals surface area contributed by atoms with Gasteiger partial charge in [0.15, 0.2) is 0 Å². The lowest BCUT2D eigenvalue weighted by molar-refractivity contribution is 0.583. The molecule has 0 amide bonds. The van der Waals surface area contributed by atoms with Crippen LogP contribution in [0.4, 0.5) is 0 Å². The molecular weight excluding hydrogens is 472 g/mol. The van der Waals surface area contributed by atoms with Crippen LogP contribution in [0.5, 0.6) is 0 Å². The molecule has 5 rings (SSSR count). The number of H-pyrrole nitrogens is 2. The Labute approximate surface area is 222 Å². The first kappa shape index (κ1) is 25.2. The Balaban J connectivity index is 1.41. The number of hydrogen-bond acceptors (Lipinski definition) is 4. The van der Waals surface area contributed by atoms with E-state index < -0.39 is 0 Å². The molecule has 8 nitrogen and oxygen atoms in total. The fourth-order valence-electron chi connectivity index (χ4n) is 4.25. The maximum atomic E-state index is 6.23. The average molecular weight is 507 g/mol. The van der Waals surface area contributed by atoms with Gasteiger partial charge in [0.1, 0.15) is 23.3 Å². The third-order valence-electron chi connectivity index (χ3n) is 5.90. The van der Waals surface area contributed by atoms with E-state index in [0.717, 1.165) is 56.0 Å². The van der Waals surface area contributed by atoms with Crippen LogP contribution in [0.1, 0.15) is 52.7 Å². The van der Waals surface area contributed by atoms with Crippen LogP contribution in [0.2, 0.25) is 0 Å². The van der Waals surface area contributed by atoms with E-state index in [1.54, 1.807) is 0 Å². The summed E-state index contributed by atoms with van der Waals surface area (Å²) in [7, 11) is 0. The van der Waals surface area contributed by atoms with E-state index in [0.29, 0.717) is 11.7 Å². The minimum Gasteiger partial charge on any atom is -0.383 e. The van der Waals surface area contributed by atoms with Crippen LogP contribution in [0.3, 0.4) is 0 Å². The van der Waals surface area contributed by atoms with Crippen molar-refractivity contribution in [3.8, 4) is 22.8 Å². The largest absolute Gasteiger partial charge is 0.383 e. The predicted molar refractivity (Wildman–Crippen MR) is 158 cm³/mol. The molecule has 2 aromatic heterocycles. The van der Waals surface area contributed by atoms with Crippen LogP contribution >= 0.6 is 0 Å². The van der Waals surface area contributed by atoms with Crippen molar-refractivity contribution < 1.29 is 0 Å². The minimum atomic E-state index is -0.240. The maximum absolute atomic E-state index is 6.23. The number of hydrogen-bond donors (Lipinski definition) is 4. The van der Waals surface area contributed by atoms with Gasteiger partial charge >= 0.3 is 0 Å². The molecule has 0 saturated heterocycles. The number of aromatic nitrogens is 4. The highest BCUT2D eigenvalue weighted by Gasteiger charge is 2.13. The summed E-state index contributed by atoms with van der Waals surface area (Å²) >= 11 is 0. The zero-order valence-electron chi connectivity index (χ0n) is 22.7. The number of aliphatic imine (C=N–C) groups is 2. The topological polar surface area (TPSA) is 134 Å². The van der Waals surface area contributed by atoms with Crippen molar-refractivity contribution in [1.82, 2.24) is 19.9 Å². The summed E-state index contributed by atoms with van der Waals surface area (Å²) in [5, 5.41) is 0. The van der Waals surface area contributed by atoms with E-state index in [-0.39, 0.29) is 11.1 Å². The van der Waals surface area contributed by atoms with Gasteiger partial charge in [0.25, 0.3) is 0 Å². The molecule has 6 N–H and O–H groups in total. The number of nitrogens with one attached hydrogen (secondary N) is 2. The van der Waals surface area contributed by atoms with Gasteiger partial charge in [-0.05, 0) is 77.9 Å². The van der Waals surface area contributed by atoms with Crippen LogP contribution in [0.25, 0.3) is 44.8 Å². The number of benzene rings is 3. The Morgan fingerprint density at radius 1 is 0.605 bits per heavy atom. The molecular formula is C30H34N8. The quantitative estimate of drug-likeness (QED) is 0.181. The fraction of sp³-hybridized carbons (Fsp3) is 0.267. The number of fused-ring (bicyclic) bond motifs is 2. The van der Waals surface area contributed by atoms with E-state index in [2.05, 4.69) is 20.0 Å². The van der Waals surface area contributed by atoms with Crippen molar-refractivity contribution in [2.75, 3.05) is 0 Å². The second kappa shape index (κ2) is 9.13. The monoisotopic (exact) mass is 506 g/mol. The Morgan fingerprint density at radius 2 is 0.974 bits per heavy atom. The number of nitrogens with two attached hydrogens (primary N) is 2. The first-order valence-electron chi connectivity index (χ1n) is 12.7. The van der Waals surface area contributed by atoms with Crippen molar-refractivity contribution in [3.05, 3.63) is 71.8 Å². The van der Waals surface area contributed by atoms with Gasteiger partial charge in [-0.15, -0.1) is 0 Å². The molecule has 0 spiro atoms. The van der Waals surface area contributed by atoms with Gasteiger partial charge in [0.05, 0.1) is 33.1 Å². The van der Waals surface area contributed by atoms with E-state index in [9.17, 15) is 0 Å². The fourth-order valence-corrected chi connectivity index (χ4v) is 4.25. The summed E-state index contributed by atoms with van der Waals surface area (Å²) in [6.45, 7) is 12.2. The molecule has 0 saturated carbocycles. The minimum absolute atomic E-state index is 0.240. The Morgan fingerprint density at radius 3 is 1.32 bits per heavy atom. The van der Waals surface area contributed by atoms with E-state index >= 15 is 0 Å². The first-order valence-corrected chi connectivity index (χ1v) is 12.7. The third-order valence-corrected chi connectivity index (χ3v) is 5.90. The van der Waals surface area contributed by atoms with Crippen LogP contribution in [-0.2, 0) is 0 Å². The van der Waals surface area contributed by atoms with Crippen molar-refractivity contribution in [1.29, 1.82) is 0 Å². The summed E-state index contributed by atoms with van der Waals surface area (Å²) in [4.78, 5) is 25.5. The predicted octanol–water partition coefficient (Wildman–Crippen LogP) is 5.78. The summed E-state index contributed by atoms with van der Waals surface area (Å²) < 4.78 is 0. The molecule has 0 radical (unpaired) electrons. The van der Waals surface area contributed by atoms with E-state index in [1.807, 2.05) is 102 Å². The van der Waals surface area contributed by atoms with Gasteiger partial charge in [0, 0.05) is 22.3 Å². The standard InChI is InChI=1S/C30H34N8/c1-29(2,3)37-25(31)19-11-13-21-23(15-19)35-27(33-21)17-7-9-18(10-8-17)28-34-22-14-12-20(16-24(22)36-28)26(32)38-30(4,5)6/h7-16H,1-6H3,(H2,31,37)(H2,32,38)(H,33,35)(H,34,36). The molecule has 5 aromatic rings. The molecule has 38 heavy (non-hydrogen) atoms. The molecule has 3 aromatic carbocycles. The highest BCUT2D eigenvalue weighted by Crippen LogP contribution is 2.26. The highest BCUT2D eigenvalue weighted by atomic mass is 14.9. The van der Waals surface area contributed by atoms with Gasteiger partial charge in [-0.3, -0.25) is 9.98 Å². The lowest BCUT2D eigenvalue weighted by atomic mass is 10.1. The maximum Gasteiger partial charge on any atom is 0.138 e. The van der Waals surface area contributed by atoms with Crippen molar-refractivity contribution in [2.24, 2.45) is 21.5 Å².